The van der Waals surface area contributed by atoms with E-state index in [0.29, 0.717) is 23.1 Å². The van der Waals surface area contributed by atoms with Crippen LogP contribution in [0.25, 0.3) is 22.2 Å². The first-order valence-electron chi connectivity index (χ1n) is 10.4. The van der Waals surface area contributed by atoms with Crippen LogP contribution in [0.2, 0.25) is 0 Å². The van der Waals surface area contributed by atoms with Crippen molar-refractivity contribution in [2.75, 3.05) is 5.75 Å². The summed E-state index contributed by atoms with van der Waals surface area (Å²) < 4.78 is 2.92. The number of hydrazone groups is 1. The highest BCUT2D eigenvalue weighted by Gasteiger charge is 2.16. The van der Waals surface area contributed by atoms with Crippen molar-refractivity contribution in [3.8, 4) is 17.1 Å². The van der Waals surface area contributed by atoms with Crippen LogP contribution in [-0.4, -0.2) is 37.7 Å². The fourth-order valence-corrected chi connectivity index (χ4v) is 4.37. The van der Waals surface area contributed by atoms with Gasteiger partial charge in [-0.05, 0) is 35.9 Å². The zero-order chi connectivity index (χ0) is 24.1. The normalized spacial score (nSPS) is 11.2. The summed E-state index contributed by atoms with van der Waals surface area (Å²) in [6, 6.07) is 18.9. The van der Waals surface area contributed by atoms with Crippen LogP contribution in [0.15, 0.2) is 87.5 Å². The average molecular weight is 536 g/mol. The number of nitrogens with one attached hydrogen (secondary N) is 1. The van der Waals surface area contributed by atoms with E-state index in [0.717, 1.165) is 26.4 Å². The van der Waals surface area contributed by atoms with Crippen LogP contribution in [0.4, 0.5) is 0 Å². The van der Waals surface area contributed by atoms with Gasteiger partial charge in [-0.3, -0.25) is 9.36 Å². The van der Waals surface area contributed by atoms with Gasteiger partial charge in [0.15, 0.2) is 11.0 Å². The van der Waals surface area contributed by atoms with Crippen molar-refractivity contribution < 1.29 is 9.90 Å². The third kappa shape index (κ3) is 5.55. The number of hydrogen-bond acceptors (Lipinski definition) is 6. The molecule has 0 saturated heterocycles. The predicted octanol–water partition coefficient (Wildman–Crippen LogP) is 5.38. The number of thioether (sulfide) groups is 1. The van der Waals surface area contributed by atoms with E-state index in [4.69, 9.17) is 0 Å². The first-order valence-corrected chi connectivity index (χ1v) is 12.2. The Balaban J connectivity index is 1.45. The minimum atomic E-state index is -0.295. The van der Waals surface area contributed by atoms with E-state index < -0.39 is 0 Å². The van der Waals surface area contributed by atoms with Gasteiger partial charge in [0.25, 0.3) is 5.91 Å². The van der Waals surface area contributed by atoms with Gasteiger partial charge in [-0.1, -0.05) is 82.3 Å². The highest BCUT2D eigenvalue weighted by atomic mass is 79.9. The Bertz CT molecular complexity index is 1380. The summed E-state index contributed by atoms with van der Waals surface area (Å²) in [5, 5.41) is 25.3. The number of carbonyl (C=O) groups excluding carboxylic acids is 1. The molecule has 9 heteroatoms. The van der Waals surface area contributed by atoms with Crippen LogP contribution in [0.5, 0.6) is 5.75 Å². The van der Waals surface area contributed by atoms with Crippen LogP contribution >= 0.6 is 27.7 Å². The van der Waals surface area contributed by atoms with Gasteiger partial charge in [0.05, 0.1) is 12.0 Å². The molecule has 4 rings (SSSR count). The van der Waals surface area contributed by atoms with Crippen LogP contribution < -0.4 is 5.43 Å². The quantitative estimate of drug-likeness (QED) is 0.137. The largest absolute Gasteiger partial charge is 0.507 e. The molecule has 0 saturated carbocycles. The second-order valence-corrected chi connectivity index (χ2v) is 9.52. The molecule has 2 N–H and O–H groups in total. The number of phenols is 1. The Morgan fingerprint density at radius 3 is 2.71 bits per heavy atom. The molecule has 0 aliphatic rings. The van der Waals surface area contributed by atoms with E-state index >= 15 is 0 Å². The zero-order valence-electron chi connectivity index (χ0n) is 18.4. The van der Waals surface area contributed by atoms with Crippen molar-refractivity contribution in [3.05, 3.63) is 82.9 Å². The molecule has 3 aromatic carbocycles. The Morgan fingerprint density at radius 2 is 1.94 bits per heavy atom. The molecule has 1 aromatic heterocycles. The lowest BCUT2D eigenvalue weighted by atomic mass is 10.0. The van der Waals surface area contributed by atoms with Gasteiger partial charge in [0.1, 0.15) is 5.75 Å². The van der Waals surface area contributed by atoms with Crippen LogP contribution in [0.3, 0.4) is 0 Å². The van der Waals surface area contributed by atoms with Crippen molar-refractivity contribution in [2.24, 2.45) is 5.10 Å². The van der Waals surface area contributed by atoms with E-state index in [9.17, 15) is 9.90 Å². The Labute approximate surface area is 209 Å². The third-order valence-corrected chi connectivity index (χ3v) is 6.41. The van der Waals surface area contributed by atoms with Gasteiger partial charge in [0.2, 0.25) is 0 Å². The highest BCUT2D eigenvalue weighted by Crippen LogP contribution is 2.27. The number of rotatable bonds is 8. The molecule has 0 aliphatic heterocycles. The molecular formula is C25H22BrN5O2S. The molecule has 0 radical (unpaired) electrons. The number of halogens is 1. The summed E-state index contributed by atoms with van der Waals surface area (Å²) in [7, 11) is 0. The molecular weight excluding hydrogens is 514 g/mol. The number of allylic oxidation sites excluding steroid dienone is 1. The number of carbonyl (C=O) groups is 1. The van der Waals surface area contributed by atoms with Gasteiger partial charge in [-0.2, -0.15) is 5.10 Å². The van der Waals surface area contributed by atoms with Crippen molar-refractivity contribution in [1.82, 2.24) is 20.2 Å². The first-order chi connectivity index (χ1) is 16.4. The maximum atomic E-state index is 12.4. The standard InChI is InChI=1S/C25H22BrN5O2S/c1-16(2)14-31-24(18-7-10-19(26)11-8-18)29-30-25(31)34-15-23(33)28-27-13-21-20-6-4-3-5-17(20)9-12-22(21)32/h3-13,32H,1,14-15H2,2H3,(H,28,33). The molecule has 1 amide bonds. The fourth-order valence-electron chi connectivity index (χ4n) is 3.37. The highest BCUT2D eigenvalue weighted by molar-refractivity contribution is 9.10. The van der Waals surface area contributed by atoms with E-state index in [-0.39, 0.29) is 17.4 Å². The molecule has 0 spiro atoms. The summed E-state index contributed by atoms with van der Waals surface area (Å²) in [4.78, 5) is 12.4. The summed E-state index contributed by atoms with van der Waals surface area (Å²) in [5.41, 5.74) is 4.94. The molecule has 0 atom stereocenters. The lowest BCUT2D eigenvalue weighted by Crippen LogP contribution is -2.20. The van der Waals surface area contributed by atoms with E-state index in [2.05, 4.69) is 43.2 Å². The number of amides is 1. The fraction of sp³-hybridized carbons (Fsp3) is 0.120. The van der Waals surface area contributed by atoms with Crippen molar-refractivity contribution in [2.45, 2.75) is 18.6 Å². The molecule has 0 unspecified atom stereocenters. The average Bonchev–Trinajstić information content (AvgIpc) is 3.21. The molecule has 1 heterocycles. The van der Waals surface area contributed by atoms with Gasteiger partial charge >= 0.3 is 0 Å². The number of benzene rings is 3. The molecule has 0 aliphatic carbocycles. The lowest BCUT2D eigenvalue weighted by molar-refractivity contribution is -0.118. The maximum Gasteiger partial charge on any atom is 0.250 e. The van der Waals surface area contributed by atoms with Crippen LogP contribution in [0.1, 0.15) is 12.5 Å². The Hall–Kier alpha value is -3.43. The summed E-state index contributed by atoms with van der Waals surface area (Å²) >= 11 is 4.71. The van der Waals surface area contributed by atoms with Gasteiger partial charge < -0.3 is 5.11 Å². The zero-order valence-corrected chi connectivity index (χ0v) is 20.8. The number of aromatic hydroxyl groups is 1. The van der Waals surface area contributed by atoms with E-state index in [1.807, 2.05) is 66.1 Å². The summed E-state index contributed by atoms with van der Waals surface area (Å²) in [5.74, 6) is 0.617. The number of fused-ring (bicyclic) bond motifs is 1. The minimum absolute atomic E-state index is 0.0967. The summed E-state index contributed by atoms with van der Waals surface area (Å²) in [6.45, 7) is 6.48. The van der Waals surface area contributed by atoms with Crippen LogP contribution in [-0.2, 0) is 11.3 Å². The Morgan fingerprint density at radius 1 is 1.18 bits per heavy atom. The topological polar surface area (TPSA) is 92.4 Å². The summed E-state index contributed by atoms with van der Waals surface area (Å²) in [6.07, 6.45) is 1.45. The van der Waals surface area contributed by atoms with Crippen molar-refractivity contribution >= 4 is 50.6 Å². The molecule has 0 bridgehead atoms. The molecule has 7 nitrogen and oxygen atoms in total. The second-order valence-electron chi connectivity index (χ2n) is 7.66. The smallest absolute Gasteiger partial charge is 0.250 e. The van der Waals surface area contributed by atoms with Gasteiger partial charge in [-0.25, -0.2) is 5.43 Å². The van der Waals surface area contributed by atoms with E-state index in [1.165, 1.54) is 18.0 Å². The number of hydrogen-bond donors (Lipinski definition) is 2. The molecule has 172 valence electrons. The number of phenolic OH excluding ortho intramolecular Hbond substituents is 1. The second kappa shape index (κ2) is 10.7. The number of aromatic nitrogens is 3. The van der Waals surface area contributed by atoms with E-state index in [1.54, 1.807) is 6.07 Å². The monoisotopic (exact) mass is 535 g/mol. The lowest BCUT2D eigenvalue weighted by Gasteiger charge is -2.10. The molecule has 0 fully saturated rings. The molecule has 4 aromatic rings. The SMILES string of the molecule is C=C(C)Cn1c(SCC(=O)NN=Cc2c(O)ccc3ccccc23)nnc1-c1ccc(Br)cc1. The Kier molecular flexibility index (Phi) is 7.44. The number of nitrogens with zero attached hydrogens (tertiary/aromatic N) is 4. The van der Waals surface area contributed by atoms with Crippen molar-refractivity contribution in [3.63, 3.8) is 0 Å². The molecule has 34 heavy (non-hydrogen) atoms. The van der Waals surface area contributed by atoms with Gasteiger partial charge in [-0.15, -0.1) is 10.2 Å². The predicted molar refractivity (Wildman–Crippen MR) is 140 cm³/mol. The first kappa shape index (κ1) is 23.7. The van der Waals surface area contributed by atoms with Gasteiger partial charge in [0, 0.05) is 22.1 Å². The van der Waals surface area contributed by atoms with Crippen LogP contribution in [0, 0.1) is 0 Å². The minimum Gasteiger partial charge on any atom is -0.507 e. The maximum absolute atomic E-state index is 12.4. The van der Waals surface area contributed by atoms with Crippen molar-refractivity contribution in [1.29, 1.82) is 0 Å². The third-order valence-electron chi connectivity index (χ3n) is 4.91.